The van der Waals surface area contributed by atoms with Gasteiger partial charge in [-0.2, -0.15) is 0 Å². The zero-order valence-corrected chi connectivity index (χ0v) is 20.0. The molecule has 1 aliphatic carbocycles. The van der Waals surface area contributed by atoms with Crippen molar-refractivity contribution in [2.24, 2.45) is 11.8 Å². The van der Waals surface area contributed by atoms with Crippen molar-refractivity contribution >= 4 is 23.2 Å². The van der Waals surface area contributed by atoms with Crippen LogP contribution < -0.4 is 15.5 Å². The van der Waals surface area contributed by atoms with Crippen LogP contribution in [-0.4, -0.2) is 55.5 Å². The van der Waals surface area contributed by atoms with Crippen LogP contribution in [0, 0.1) is 18.8 Å². The first-order valence-corrected chi connectivity index (χ1v) is 12.1. The van der Waals surface area contributed by atoms with E-state index in [1.807, 2.05) is 12.1 Å². The van der Waals surface area contributed by atoms with E-state index in [9.17, 15) is 9.59 Å². The zero-order valence-electron chi connectivity index (χ0n) is 20.0. The maximum absolute atomic E-state index is 12.7. The molecule has 33 heavy (non-hydrogen) atoms. The predicted molar refractivity (Wildman–Crippen MR) is 134 cm³/mol. The minimum atomic E-state index is -0.0948. The van der Waals surface area contributed by atoms with Gasteiger partial charge in [-0.3, -0.25) is 14.5 Å². The van der Waals surface area contributed by atoms with E-state index in [1.165, 1.54) is 11.3 Å². The van der Waals surface area contributed by atoms with Gasteiger partial charge in [0.2, 0.25) is 5.91 Å². The maximum Gasteiger partial charge on any atom is 0.251 e. The van der Waals surface area contributed by atoms with Crippen molar-refractivity contribution in [1.82, 2.24) is 10.2 Å². The number of aryl methyl sites for hydroxylation is 1. The Kier molecular flexibility index (Phi) is 7.33. The number of hydrogen-bond donors (Lipinski definition) is 2. The monoisotopic (exact) mass is 448 g/mol. The number of piperazine rings is 1. The summed E-state index contributed by atoms with van der Waals surface area (Å²) in [5.74, 6) is 0.530. The lowest BCUT2D eigenvalue weighted by molar-refractivity contribution is -0.117. The number of nitrogens with zero attached hydrogens (tertiary/aromatic N) is 2. The van der Waals surface area contributed by atoms with Gasteiger partial charge in [0.15, 0.2) is 0 Å². The van der Waals surface area contributed by atoms with Gasteiger partial charge in [0.1, 0.15) is 0 Å². The highest BCUT2D eigenvalue weighted by Crippen LogP contribution is 2.38. The van der Waals surface area contributed by atoms with Gasteiger partial charge in [-0.05, 0) is 68.5 Å². The Hall–Kier alpha value is -2.86. The molecule has 6 heteroatoms. The second-order valence-corrected chi connectivity index (χ2v) is 9.72. The Bertz CT molecular complexity index is 984. The molecule has 2 aromatic carbocycles. The first-order chi connectivity index (χ1) is 15.9. The largest absolute Gasteiger partial charge is 0.369 e. The molecule has 0 spiro atoms. The van der Waals surface area contributed by atoms with Crippen LogP contribution in [-0.2, 0) is 4.79 Å². The molecular formula is C27H36N4O2. The highest BCUT2D eigenvalue weighted by molar-refractivity contribution is 5.98. The highest BCUT2D eigenvalue weighted by Gasteiger charge is 2.39. The number of amides is 2. The fraction of sp³-hybridized carbons (Fsp3) is 0.481. The Morgan fingerprint density at radius 3 is 2.48 bits per heavy atom. The molecule has 0 aromatic heterocycles. The lowest BCUT2D eigenvalue weighted by Gasteiger charge is -2.36. The SMILES string of the molecule is Cc1cccc(N2CCN(CCC(C)NC(=O)c3cccc(NC(=O)C4CC4C)c3)CC2)c1. The van der Waals surface area contributed by atoms with Crippen molar-refractivity contribution in [3.63, 3.8) is 0 Å². The van der Waals surface area contributed by atoms with Crippen molar-refractivity contribution < 1.29 is 9.59 Å². The van der Waals surface area contributed by atoms with E-state index < -0.39 is 0 Å². The lowest BCUT2D eigenvalue weighted by Crippen LogP contribution is -2.47. The Morgan fingerprint density at radius 1 is 1.06 bits per heavy atom. The third-order valence-corrected chi connectivity index (χ3v) is 6.83. The summed E-state index contributed by atoms with van der Waals surface area (Å²) < 4.78 is 0. The van der Waals surface area contributed by atoms with Crippen LogP contribution >= 0.6 is 0 Å². The van der Waals surface area contributed by atoms with Crippen LogP contribution in [0.1, 0.15) is 42.6 Å². The smallest absolute Gasteiger partial charge is 0.251 e. The topological polar surface area (TPSA) is 64.7 Å². The van der Waals surface area contributed by atoms with Gasteiger partial charge in [-0.15, -0.1) is 0 Å². The summed E-state index contributed by atoms with van der Waals surface area (Å²) in [6.07, 6.45) is 1.86. The second-order valence-electron chi connectivity index (χ2n) is 9.72. The molecule has 1 saturated heterocycles. The van der Waals surface area contributed by atoms with Gasteiger partial charge in [-0.25, -0.2) is 0 Å². The van der Waals surface area contributed by atoms with E-state index in [-0.39, 0.29) is 23.8 Å². The van der Waals surface area contributed by atoms with E-state index in [0.29, 0.717) is 17.2 Å². The van der Waals surface area contributed by atoms with E-state index >= 15 is 0 Å². The minimum Gasteiger partial charge on any atom is -0.369 e. The average molecular weight is 449 g/mol. The molecule has 1 saturated carbocycles. The van der Waals surface area contributed by atoms with Crippen molar-refractivity contribution in [3.05, 3.63) is 59.7 Å². The third-order valence-electron chi connectivity index (χ3n) is 6.83. The molecule has 3 unspecified atom stereocenters. The Labute approximate surface area is 197 Å². The fourth-order valence-corrected chi connectivity index (χ4v) is 4.47. The van der Waals surface area contributed by atoms with Gasteiger partial charge in [0.25, 0.3) is 5.91 Å². The Morgan fingerprint density at radius 2 is 1.79 bits per heavy atom. The van der Waals surface area contributed by atoms with Crippen LogP contribution in [0.15, 0.2) is 48.5 Å². The van der Waals surface area contributed by atoms with Crippen LogP contribution in [0.4, 0.5) is 11.4 Å². The first-order valence-electron chi connectivity index (χ1n) is 12.1. The van der Waals surface area contributed by atoms with Crippen molar-refractivity contribution in [2.75, 3.05) is 42.9 Å². The van der Waals surface area contributed by atoms with E-state index in [1.54, 1.807) is 12.1 Å². The van der Waals surface area contributed by atoms with E-state index in [2.05, 4.69) is 65.5 Å². The zero-order chi connectivity index (χ0) is 23.4. The summed E-state index contributed by atoms with van der Waals surface area (Å²) in [7, 11) is 0. The van der Waals surface area contributed by atoms with Gasteiger partial charge >= 0.3 is 0 Å². The normalized spacial score (nSPS) is 21.4. The lowest BCUT2D eigenvalue weighted by atomic mass is 10.1. The number of benzene rings is 2. The van der Waals surface area contributed by atoms with Gasteiger partial charge in [0, 0.05) is 61.6 Å². The van der Waals surface area contributed by atoms with Gasteiger partial charge < -0.3 is 15.5 Å². The average Bonchev–Trinajstić information content (AvgIpc) is 3.55. The molecule has 4 rings (SSSR count). The molecule has 2 amide bonds. The maximum atomic E-state index is 12.7. The van der Waals surface area contributed by atoms with Crippen LogP contribution in [0.3, 0.4) is 0 Å². The minimum absolute atomic E-state index is 0.0518. The molecule has 2 fully saturated rings. The first kappa shape index (κ1) is 23.3. The van der Waals surface area contributed by atoms with Crippen LogP contribution in [0.5, 0.6) is 0 Å². The number of nitrogens with one attached hydrogen (secondary N) is 2. The summed E-state index contributed by atoms with van der Waals surface area (Å²) in [4.78, 5) is 29.8. The summed E-state index contributed by atoms with van der Waals surface area (Å²) in [5.41, 5.74) is 3.87. The van der Waals surface area contributed by atoms with Gasteiger partial charge in [-0.1, -0.05) is 25.1 Å². The molecule has 3 atom stereocenters. The van der Waals surface area contributed by atoms with Crippen molar-refractivity contribution in [1.29, 1.82) is 0 Å². The quantitative estimate of drug-likeness (QED) is 0.643. The molecule has 2 aromatic rings. The van der Waals surface area contributed by atoms with Gasteiger partial charge in [0.05, 0.1) is 0 Å². The van der Waals surface area contributed by atoms with Crippen LogP contribution in [0.2, 0.25) is 0 Å². The summed E-state index contributed by atoms with van der Waals surface area (Å²) in [6, 6.07) is 16.0. The molecule has 6 nitrogen and oxygen atoms in total. The standard InChI is InChI=1S/C27H36N4O2/c1-19-6-4-9-24(16-19)31-14-12-30(13-15-31)11-10-21(3)28-26(32)22-7-5-8-23(18-22)29-27(33)25-17-20(25)2/h4-9,16,18,20-21,25H,10-15,17H2,1-3H3,(H,28,32)(H,29,33). The molecule has 1 aliphatic heterocycles. The van der Waals surface area contributed by atoms with E-state index in [4.69, 9.17) is 0 Å². The number of carbonyl (C=O) groups excluding carboxylic acids is 2. The molecule has 176 valence electrons. The third kappa shape index (κ3) is 6.35. The van der Waals surface area contributed by atoms with Crippen molar-refractivity contribution in [2.45, 2.75) is 39.7 Å². The predicted octanol–water partition coefficient (Wildman–Crippen LogP) is 3.92. The molecule has 0 radical (unpaired) electrons. The van der Waals surface area contributed by atoms with Crippen molar-refractivity contribution in [3.8, 4) is 0 Å². The summed E-state index contributed by atoms with van der Waals surface area (Å²) >= 11 is 0. The highest BCUT2D eigenvalue weighted by atomic mass is 16.2. The molecule has 2 aliphatic rings. The molecule has 2 N–H and O–H groups in total. The molecule has 0 bridgehead atoms. The summed E-state index contributed by atoms with van der Waals surface area (Å²) in [6.45, 7) is 11.4. The van der Waals surface area contributed by atoms with E-state index in [0.717, 1.165) is 45.6 Å². The Balaban J connectivity index is 1.20. The number of hydrogen-bond acceptors (Lipinski definition) is 4. The number of carbonyl (C=O) groups is 2. The number of rotatable bonds is 8. The number of anilines is 2. The van der Waals surface area contributed by atoms with Crippen LogP contribution in [0.25, 0.3) is 0 Å². The fourth-order valence-electron chi connectivity index (χ4n) is 4.47. The summed E-state index contributed by atoms with van der Waals surface area (Å²) in [5, 5.41) is 6.05. The molecular weight excluding hydrogens is 412 g/mol. The second kappa shape index (κ2) is 10.4. The molecule has 1 heterocycles.